The van der Waals surface area contributed by atoms with Crippen molar-refractivity contribution in [3.8, 4) is 0 Å². The fourth-order valence-corrected chi connectivity index (χ4v) is 1.60. The Labute approximate surface area is 120 Å². The van der Waals surface area contributed by atoms with E-state index in [1.54, 1.807) is 38.4 Å². The number of anilines is 1. The summed E-state index contributed by atoms with van der Waals surface area (Å²) in [5, 5.41) is 5.91. The van der Waals surface area contributed by atoms with Gasteiger partial charge in [0.15, 0.2) is 0 Å². The van der Waals surface area contributed by atoms with E-state index in [1.165, 1.54) is 4.90 Å². The maximum Gasteiger partial charge on any atom is 0.253 e. The number of benzene rings is 1. The fraction of sp³-hybridized carbons (Fsp3) is 0.467. The normalized spacial score (nSPS) is 11.6. The summed E-state index contributed by atoms with van der Waals surface area (Å²) in [6.45, 7) is 4.23. The second kappa shape index (κ2) is 7.53. The van der Waals surface area contributed by atoms with Gasteiger partial charge in [0.2, 0.25) is 5.91 Å². The van der Waals surface area contributed by atoms with E-state index in [9.17, 15) is 9.59 Å². The fourth-order valence-electron chi connectivity index (χ4n) is 1.60. The molecule has 0 saturated carbocycles. The van der Waals surface area contributed by atoms with Crippen LogP contribution in [0.25, 0.3) is 0 Å². The minimum absolute atomic E-state index is 0.0344. The summed E-state index contributed by atoms with van der Waals surface area (Å²) < 4.78 is 0. The topological polar surface area (TPSA) is 61.4 Å². The van der Waals surface area contributed by atoms with Gasteiger partial charge in [-0.2, -0.15) is 0 Å². The Morgan fingerprint density at radius 2 is 1.80 bits per heavy atom. The van der Waals surface area contributed by atoms with Gasteiger partial charge >= 0.3 is 0 Å². The third-order valence-corrected chi connectivity index (χ3v) is 3.01. The van der Waals surface area contributed by atoms with E-state index in [0.717, 1.165) is 12.1 Å². The van der Waals surface area contributed by atoms with Crippen molar-refractivity contribution in [2.45, 2.75) is 26.3 Å². The average Bonchev–Trinajstić information content (AvgIpc) is 2.44. The van der Waals surface area contributed by atoms with Crippen LogP contribution in [-0.2, 0) is 4.79 Å². The zero-order chi connectivity index (χ0) is 15.1. The predicted octanol–water partition coefficient (Wildman–Crippen LogP) is 1.71. The lowest BCUT2D eigenvalue weighted by Gasteiger charge is -2.13. The maximum absolute atomic E-state index is 11.7. The van der Waals surface area contributed by atoms with Crippen LogP contribution in [0, 0.1) is 0 Å². The van der Waals surface area contributed by atoms with Crippen LogP contribution in [0.3, 0.4) is 0 Å². The first-order valence-corrected chi connectivity index (χ1v) is 6.79. The number of amides is 2. The van der Waals surface area contributed by atoms with Gasteiger partial charge in [0.25, 0.3) is 5.91 Å². The zero-order valence-corrected chi connectivity index (χ0v) is 12.6. The van der Waals surface area contributed by atoms with Crippen molar-refractivity contribution in [1.82, 2.24) is 10.2 Å². The zero-order valence-electron chi connectivity index (χ0n) is 12.6. The van der Waals surface area contributed by atoms with Crippen molar-refractivity contribution >= 4 is 17.5 Å². The summed E-state index contributed by atoms with van der Waals surface area (Å²) in [5.74, 6) is -0.0705. The van der Waals surface area contributed by atoms with Crippen LogP contribution in [-0.4, -0.2) is 43.4 Å². The van der Waals surface area contributed by atoms with E-state index < -0.39 is 0 Å². The molecule has 1 rings (SSSR count). The smallest absolute Gasteiger partial charge is 0.253 e. The second-order valence-electron chi connectivity index (χ2n) is 5.01. The van der Waals surface area contributed by atoms with Crippen LogP contribution < -0.4 is 10.6 Å². The molecule has 2 N–H and O–H groups in total. The summed E-state index contributed by atoms with van der Waals surface area (Å²) in [5.41, 5.74) is 1.45. The second-order valence-corrected chi connectivity index (χ2v) is 5.01. The molecule has 1 atom stereocenters. The third kappa shape index (κ3) is 4.91. The van der Waals surface area contributed by atoms with Crippen LogP contribution in [0.4, 0.5) is 5.69 Å². The highest BCUT2D eigenvalue weighted by atomic mass is 16.2. The molecule has 0 heterocycles. The molecule has 0 aliphatic heterocycles. The number of hydrogen-bond acceptors (Lipinski definition) is 3. The van der Waals surface area contributed by atoms with Crippen molar-refractivity contribution in [2.75, 3.05) is 26.0 Å². The minimum Gasteiger partial charge on any atom is -0.376 e. The Morgan fingerprint density at radius 1 is 1.20 bits per heavy atom. The Bertz CT molecular complexity index is 455. The Morgan fingerprint density at radius 3 is 2.30 bits per heavy atom. The van der Waals surface area contributed by atoms with Gasteiger partial charge in [-0.05, 0) is 37.6 Å². The molecule has 0 saturated heterocycles. The van der Waals surface area contributed by atoms with Gasteiger partial charge in [-0.1, -0.05) is 6.92 Å². The third-order valence-electron chi connectivity index (χ3n) is 3.01. The molecule has 1 aromatic carbocycles. The van der Waals surface area contributed by atoms with E-state index in [4.69, 9.17) is 0 Å². The van der Waals surface area contributed by atoms with Gasteiger partial charge in [0.05, 0.1) is 6.54 Å². The molecule has 0 bridgehead atoms. The largest absolute Gasteiger partial charge is 0.376 e. The van der Waals surface area contributed by atoms with Gasteiger partial charge in [-0.25, -0.2) is 0 Å². The number of rotatable bonds is 6. The molecule has 0 aliphatic rings. The first-order valence-electron chi connectivity index (χ1n) is 6.79. The molecule has 1 aromatic rings. The van der Waals surface area contributed by atoms with Crippen LogP contribution in [0.1, 0.15) is 30.6 Å². The molecule has 2 amide bonds. The van der Waals surface area contributed by atoms with Crippen LogP contribution >= 0.6 is 0 Å². The highest BCUT2D eigenvalue weighted by molar-refractivity contribution is 5.94. The molecular formula is C15H23N3O2. The van der Waals surface area contributed by atoms with Gasteiger partial charge in [0.1, 0.15) is 0 Å². The van der Waals surface area contributed by atoms with E-state index in [0.29, 0.717) is 5.56 Å². The van der Waals surface area contributed by atoms with Crippen LogP contribution in [0.15, 0.2) is 24.3 Å². The van der Waals surface area contributed by atoms with Gasteiger partial charge in [-0.3, -0.25) is 9.59 Å². The lowest BCUT2D eigenvalue weighted by molar-refractivity contribution is -0.120. The Balaban J connectivity index is 2.50. The van der Waals surface area contributed by atoms with Crippen molar-refractivity contribution < 1.29 is 9.59 Å². The summed E-state index contributed by atoms with van der Waals surface area (Å²) in [4.78, 5) is 24.9. The molecule has 0 aromatic heterocycles. The van der Waals surface area contributed by atoms with E-state index in [1.807, 2.05) is 13.8 Å². The SMILES string of the molecule is CCC(C)NC(=O)CNc1ccc(C(=O)N(C)C)cc1. The first-order chi connectivity index (χ1) is 9.43. The molecule has 20 heavy (non-hydrogen) atoms. The van der Waals surface area contributed by atoms with Crippen molar-refractivity contribution in [3.63, 3.8) is 0 Å². The molecule has 0 aliphatic carbocycles. The predicted molar refractivity (Wildman–Crippen MR) is 80.8 cm³/mol. The van der Waals surface area contributed by atoms with Gasteiger partial charge < -0.3 is 15.5 Å². The summed E-state index contributed by atoms with van der Waals surface area (Å²) in [6, 6.07) is 7.28. The number of carbonyl (C=O) groups is 2. The van der Waals surface area contributed by atoms with Gasteiger partial charge in [0, 0.05) is 31.4 Å². The summed E-state index contributed by atoms with van der Waals surface area (Å²) in [7, 11) is 3.43. The van der Waals surface area contributed by atoms with Crippen LogP contribution in [0.2, 0.25) is 0 Å². The number of nitrogens with one attached hydrogen (secondary N) is 2. The quantitative estimate of drug-likeness (QED) is 0.832. The summed E-state index contributed by atoms with van der Waals surface area (Å²) in [6.07, 6.45) is 0.910. The highest BCUT2D eigenvalue weighted by Gasteiger charge is 2.08. The lowest BCUT2D eigenvalue weighted by Crippen LogP contribution is -2.36. The van der Waals surface area contributed by atoms with Crippen molar-refractivity contribution in [1.29, 1.82) is 0 Å². The molecule has 5 heteroatoms. The molecular weight excluding hydrogens is 254 g/mol. The van der Waals surface area contributed by atoms with E-state index >= 15 is 0 Å². The number of carbonyl (C=O) groups excluding carboxylic acids is 2. The number of hydrogen-bond donors (Lipinski definition) is 2. The number of nitrogens with zero attached hydrogens (tertiary/aromatic N) is 1. The standard InChI is InChI=1S/C15H23N3O2/c1-5-11(2)17-14(19)10-16-13-8-6-12(7-9-13)15(20)18(3)4/h6-9,11,16H,5,10H2,1-4H3,(H,17,19). The van der Waals surface area contributed by atoms with E-state index in [2.05, 4.69) is 10.6 Å². The maximum atomic E-state index is 11.7. The van der Waals surface area contributed by atoms with E-state index in [-0.39, 0.29) is 24.4 Å². The minimum atomic E-state index is -0.0361. The monoisotopic (exact) mass is 277 g/mol. The summed E-state index contributed by atoms with van der Waals surface area (Å²) >= 11 is 0. The van der Waals surface area contributed by atoms with Crippen LogP contribution in [0.5, 0.6) is 0 Å². The molecule has 5 nitrogen and oxygen atoms in total. The van der Waals surface area contributed by atoms with Crippen molar-refractivity contribution in [3.05, 3.63) is 29.8 Å². The molecule has 1 unspecified atom stereocenters. The Hall–Kier alpha value is -2.04. The van der Waals surface area contributed by atoms with Crippen molar-refractivity contribution in [2.24, 2.45) is 0 Å². The van der Waals surface area contributed by atoms with Gasteiger partial charge in [-0.15, -0.1) is 0 Å². The molecule has 0 fully saturated rings. The first kappa shape index (κ1) is 16.0. The lowest BCUT2D eigenvalue weighted by atomic mass is 10.2. The molecule has 0 spiro atoms. The average molecular weight is 277 g/mol. The highest BCUT2D eigenvalue weighted by Crippen LogP contribution is 2.10. The molecule has 0 radical (unpaired) electrons. The Kier molecular flexibility index (Phi) is 6.03. The molecule has 110 valence electrons.